The minimum absolute atomic E-state index is 0.568. The number of anilines is 1. The van der Waals surface area contributed by atoms with Gasteiger partial charge in [0.2, 0.25) is 0 Å². The predicted octanol–water partition coefficient (Wildman–Crippen LogP) is 3.76. The summed E-state index contributed by atoms with van der Waals surface area (Å²) in [5.41, 5.74) is 1.14. The van der Waals surface area contributed by atoms with Gasteiger partial charge in [0.25, 0.3) is 0 Å². The summed E-state index contributed by atoms with van der Waals surface area (Å²) in [6, 6.07) is 8.85. The molecule has 0 aromatic heterocycles. The highest BCUT2D eigenvalue weighted by Crippen LogP contribution is 2.26. The first kappa shape index (κ1) is 15.2. The number of ether oxygens (including phenoxy) is 1. The van der Waals surface area contributed by atoms with Gasteiger partial charge in [-0.15, -0.1) is 0 Å². The van der Waals surface area contributed by atoms with Crippen LogP contribution in [0.4, 0.5) is 5.69 Å². The van der Waals surface area contributed by atoms with Crippen LogP contribution in [0.2, 0.25) is 0 Å². The number of nitrogens with zero attached hydrogens (tertiary/aromatic N) is 1. The highest BCUT2D eigenvalue weighted by molar-refractivity contribution is 5.56. The average Bonchev–Trinajstić information content (AvgIpc) is 2.68. The van der Waals surface area contributed by atoms with Crippen LogP contribution in [-0.2, 0) is 0 Å². The molecule has 0 saturated carbocycles. The fourth-order valence-corrected chi connectivity index (χ4v) is 2.93. The van der Waals surface area contributed by atoms with Crippen LogP contribution in [0.3, 0.4) is 0 Å². The number of para-hydroxylation sites is 2. The van der Waals surface area contributed by atoms with E-state index < -0.39 is 0 Å². The lowest BCUT2D eigenvalue weighted by atomic mass is 10.1. The van der Waals surface area contributed by atoms with Gasteiger partial charge in [-0.05, 0) is 57.8 Å². The third-order valence-electron chi connectivity index (χ3n) is 3.91. The van der Waals surface area contributed by atoms with Crippen LogP contribution in [-0.4, -0.2) is 37.2 Å². The summed E-state index contributed by atoms with van der Waals surface area (Å²) in [5, 5.41) is 3.69. The van der Waals surface area contributed by atoms with Crippen molar-refractivity contribution >= 4 is 5.69 Å². The van der Waals surface area contributed by atoms with Crippen LogP contribution in [0, 0.1) is 0 Å². The van der Waals surface area contributed by atoms with Crippen molar-refractivity contribution < 1.29 is 4.74 Å². The number of rotatable bonds is 6. The highest BCUT2D eigenvalue weighted by Gasteiger charge is 2.17. The topological polar surface area (TPSA) is 24.5 Å². The lowest BCUT2D eigenvalue weighted by molar-refractivity contribution is 0.285. The Morgan fingerprint density at radius 2 is 2.05 bits per heavy atom. The number of hydrogen-bond acceptors (Lipinski definition) is 3. The maximum absolute atomic E-state index is 5.70. The van der Waals surface area contributed by atoms with Crippen molar-refractivity contribution in [1.82, 2.24) is 4.90 Å². The molecule has 1 aliphatic heterocycles. The SMILES string of the molecule is CCCN1CCCC(Nc2ccccc2OCC)CC1. The van der Waals surface area contributed by atoms with Crippen molar-refractivity contribution in [2.75, 3.05) is 31.6 Å². The van der Waals surface area contributed by atoms with Gasteiger partial charge in [-0.3, -0.25) is 0 Å². The standard InChI is InChI=1S/C17H28N2O/c1-3-12-19-13-7-8-15(11-14-19)18-16-9-5-6-10-17(16)20-4-2/h5-6,9-10,15,18H,3-4,7-8,11-14H2,1-2H3. The largest absolute Gasteiger partial charge is 0.492 e. The first-order chi connectivity index (χ1) is 9.83. The molecule has 1 aromatic rings. The molecular formula is C17H28N2O. The first-order valence-electron chi connectivity index (χ1n) is 8.04. The Morgan fingerprint density at radius 3 is 2.85 bits per heavy atom. The summed E-state index contributed by atoms with van der Waals surface area (Å²) < 4.78 is 5.70. The zero-order valence-electron chi connectivity index (χ0n) is 12.9. The second kappa shape index (κ2) is 8.15. The first-order valence-corrected chi connectivity index (χ1v) is 8.04. The molecular weight excluding hydrogens is 248 g/mol. The number of nitrogens with one attached hydrogen (secondary N) is 1. The Bertz CT molecular complexity index is 394. The monoisotopic (exact) mass is 276 g/mol. The van der Waals surface area contributed by atoms with Gasteiger partial charge >= 0.3 is 0 Å². The number of benzene rings is 1. The molecule has 1 N–H and O–H groups in total. The van der Waals surface area contributed by atoms with Crippen molar-refractivity contribution in [1.29, 1.82) is 0 Å². The van der Waals surface area contributed by atoms with Gasteiger partial charge in [-0.25, -0.2) is 0 Å². The van der Waals surface area contributed by atoms with E-state index in [0.717, 1.165) is 11.4 Å². The van der Waals surface area contributed by atoms with E-state index in [4.69, 9.17) is 4.74 Å². The molecule has 3 heteroatoms. The molecule has 1 fully saturated rings. The lowest BCUT2D eigenvalue weighted by Crippen LogP contribution is -2.27. The summed E-state index contributed by atoms with van der Waals surface area (Å²) in [7, 11) is 0. The maximum atomic E-state index is 5.70. The Labute approximate surface area is 123 Å². The summed E-state index contributed by atoms with van der Waals surface area (Å²) in [6.45, 7) is 8.71. The third-order valence-corrected chi connectivity index (χ3v) is 3.91. The number of likely N-dealkylation sites (tertiary alicyclic amines) is 1. The second-order valence-electron chi connectivity index (χ2n) is 5.54. The van der Waals surface area contributed by atoms with Gasteiger partial charge in [0.05, 0.1) is 12.3 Å². The van der Waals surface area contributed by atoms with E-state index in [9.17, 15) is 0 Å². The molecule has 0 aliphatic carbocycles. The zero-order valence-corrected chi connectivity index (χ0v) is 12.9. The normalized spacial score (nSPS) is 20.4. The smallest absolute Gasteiger partial charge is 0.142 e. The minimum Gasteiger partial charge on any atom is -0.492 e. The van der Waals surface area contributed by atoms with Gasteiger partial charge in [0.1, 0.15) is 5.75 Å². The van der Waals surface area contributed by atoms with Crippen LogP contribution in [0.1, 0.15) is 39.5 Å². The molecule has 1 aromatic carbocycles. The van der Waals surface area contributed by atoms with Gasteiger partial charge in [0, 0.05) is 12.6 Å². The summed E-state index contributed by atoms with van der Waals surface area (Å²) in [5.74, 6) is 0.977. The Hall–Kier alpha value is -1.22. The zero-order chi connectivity index (χ0) is 14.2. The molecule has 0 spiro atoms. The van der Waals surface area contributed by atoms with Crippen molar-refractivity contribution in [3.63, 3.8) is 0 Å². The van der Waals surface area contributed by atoms with Crippen molar-refractivity contribution in [2.45, 2.75) is 45.6 Å². The molecule has 2 rings (SSSR count). The molecule has 1 heterocycles. The quantitative estimate of drug-likeness (QED) is 0.856. The van der Waals surface area contributed by atoms with Gasteiger partial charge < -0.3 is 15.0 Å². The molecule has 3 nitrogen and oxygen atoms in total. The average molecular weight is 276 g/mol. The van der Waals surface area contributed by atoms with Gasteiger partial charge in [-0.1, -0.05) is 19.1 Å². The van der Waals surface area contributed by atoms with Crippen LogP contribution in [0.5, 0.6) is 5.75 Å². The Kier molecular flexibility index (Phi) is 6.19. The molecule has 1 unspecified atom stereocenters. The molecule has 0 bridgehead atoms. The van der Waals surface area contributed by atoms with Crippen molar-refractivity contribution in [2.24, 2.45) is 0 Å². The van der Waals surface area contributed by atoms with Crippen LogP contribution in [0.15, 0.2) is 24.3 Å². The van der Waals surface area contributed by atoms with Crippen LogP contribution in [0.25, 0.3) is 0 Å². The summed E-state index contributed by atoms with van der Waals surface area (Å²) in [6.07, 6.45) is 5.01. The molecule has 20 heavy (non-hydrogen) atoms. The molecule has 112 valence electrons. The van der Waals surface area contributed by atoms with Gasteiger partial charge in [0.15, 0.2) is 0 Å². The van der Waals surface area contributed by atoms with Crippen LogP contribution >= 0.6 is 0 Å². The van der Waals surface area contributed by atoms with E-state index in [1.165, 1.54) is 45.3 Å². The van der Waals surface area contributed by atoms with E-state index in [1.807, 2.05) is 19.1 Å². The van der Waals surface area contributed by atoms with Gasteiger partial charge in [-0.2, -0.15) is 0 Å². The van der Waals surface area contributed by atoms with Crippen molar-refractivity contribution in [3.05, 3.63) is 24.3 Å². The summed E-state index contributed by atoms with van der Waals surface area (Å²) >= 11 is 0. The molecule has 1 aliphatic rings. The Balaban J connectivity index is 1.93. The predicted molar refractivity (Wildman–Crippen MR) is 85.6 cm³/mol. The van der Waals surface area contributed by atoms with E-state index in [-0.39, 0.29) is 0 Å². The molecule has 1 atom stereocenters. The molecule has 0 amide bonds. The van der Waals surface area contributed by atoms with Crippen LogP contribution < -0.4 is 10.1 Å². The summed E-state index contributed by atoms with van der Waals surface area (Å²) in [4.78, 5) is 2.59. The Morgan fingerprint density at radius 1 is 1.20 bits per heavy atom. The van der Waals surface area contributed by atoms with Crippen molar-refractivity contribution in [3.8, 4) is 5.75 Å². The van der Waals surface area contributed by atoms with E-state index in [2.05, 4.69) is 29.3 Å². The molecule has 1 saturated heterocycles. The number of hydrogen-bond donors (Lipinski definition) is 1. The lowest BCUT2D eigenvalue weighted by Gasteiger charge is -2.21. The third kappa shape index (κ3) is 4.41. The second-order valence-corrected chi connectivity index (χ2v) is 5.54. The molecule has 0 radical (unpaired) electrons. The van der Waals surface area contributed by atoms with E-state index in [0.29, 0.717) is 12.6 Å². The fraction of sp³-hybridized carbons (Fsp3) is 0.647. The highest BCUT2D eigenvalue weighted by atomic mass is 16.5. The maximum Gasteiger partial charge on any atom is 0.142 e. The van der Waals surface area contributed by atoms with E-state index >= 15 is 0 Å². The minimum atomic E-state index is 0.568. The van der Waals surface area contributed by atoms with E-state index in [1.54, 1.807) is 0 Å². The fourth-order valence-electron chi connectivity index (χ4n) is 2.93.